The molecule has 3 aromatic heterocycles. The van der Waals surface area contributed by atoms with E-state index in [9.17, 15) is 9.59 Å². The van der Waals surface area contributed by atoms with Crippen LogP contribution in [0.15, 0.2) is 47.1 Å². The topological polar surface area (TPSA) is 112 Å². The first-order valence-electron chi connectivity index (χ1n) is 12.0. The maximum absolute atomic E-state index is 13.2. The van der Waals surface area contributed by atoms with Crippen molar-refractivity contribution in [2.75, 3.05) is 11.9 Å². The van der Waals surface area contributed by atoms with Gasteiger partial charge in [-0.25, -0.2) is 9.78 Å². The fraction of sp³-hybridized carbons (Fsp3) is 0.250. The molecule has 2 aromatic carbocycles. The summed E-state index contributed by atoms with van der Waals surface area (Å²) in [6.07, 6.45) is 1.33. The van der Waals surface area contributed by atoms with Crippen LogP contribution in [0, 0.1) is 27.7 Å². The van der Waals surface area contributed by atoms with E-state index in [1.165, 1.54) is 10.9 Å². The molecule has 37 heavy (non-hydrogen) atoms. The third-order valence-corrected chi connectivity index (χ3v) is 6.29. The number of hydrogen-bond donors (Lipinski definition) is 1. The number of anilines is 1. The number of fused-ring (bicyclic) bond motifs is 2. The van der Waals surface area contributed by atoms with E-state index in [0.717, 1.165) is 38.5 Å². The second-order valence-electron chi connectivity index (χ2n) is 9.12. The molecule has 0 unspecified atom stereocenters. The minimum atomic E-state index is -0.587. The molecule has 0 saturated carbocycles. The van der Waals surface area contributed by atoms with Gasteiger partial charge < -0.3 is 14.6 Å². The third kappa shape index (κ3) is 4.44. The Hall–Kier alpha value is -4.53. The van der Waals surface area contributed by atoms with Crippen LogP contribution in [0.25, 0.3) is 27.7 Å². The molecule has 9 nitrogen and oxygen atoms in total. The largest absolute Gasteiger partial charge is 0.462 e. The van der Waals surface area contributed by atoms with Gasteiger partial charge in [0.05, 0.1) is 24.7 Å². The van der Waals surface area contributed by atoms with Gasteiger partial charge in [0.1, 0.15) is 11.3 Å². The Morgan fingerprint density at radius 1 is 1.05 bits per heavy atom. The zero-order valence-electron chi connectivity index (χ0n) is 21.4. The van der Waals surface area contributed by atoms with Crippen LogP contribution in [-0.4, -0.2) is 38.4 Å². The van der Waals surface area contributed by atoms with Crippen molar-refractivity contribution in [3.05, 3.63) is 76.1 Å². The number of carbonyl (C=O) groups excluding carboxylic acids is 2. The van der Waals surface area contributed by atoms with Gasteiger partial charge in [0.2, 0.25) is 5.91 Å². The van der Waals surface area contributed by atoms with Crippen molar-refractivity contribution >= 4 is 39.6 Å². The lowest BCUT2D eigenvalue weighted by Crippen LogP contribution is -2.20. The Bertz CT molecular complexity index is 1680. The van der Waals surface area contributed by atoms with E-state index >= 15 is 0 Å². The zero-order chi connectivity index (χ0) is 26.3. The Morgan fingerprint density at radius 2 is 1.86 bits per heavy atom. The molecular formula is C28H27N5O4. The molecule has 5 aromatic rings. The average molecular weight is 498 g/mol. The highest BCUT2D eigenvalue weighted by Crippen LogP contribution is 2.27. The number of nitrogens with zero attached hydrogens (tertiary/aromatic N) is 4. The van der Waals surface area contributed by atoms with Crippen molar-refractivity contribution in [1.82, 2.24) is 19.9 Å². The first-order chi connectivity index (χ1) is 17.8. The van der Waals surface area contributed by atoms with Crippen LogP contribution in [0.5, 0.6) is 0 Å². The molecule has 0 saturated heterocycles. The summed E-state index contributed by atoms with van der Waals surface area (Å²) in [5, 5.41) is 13.2. The minimum absolute atomic E-state index is 0.0480. The first-order valence-corrected chi connectivity index (χ1v) is 12.0. The SMILES string of the molecule is CCOC(=O)c1cnn(-c2cc(C)c3cccc(C)c3n2)c1NC(=O)Cc1noc2cc(C)cc(C)c12. The summed E-state index contributed by atoms with van der Waals surface area (Å²) in [4.78, 5) is 30.8. The number of esters is 1. The lowest BCUT2D eigenvalue weighted by Gasteiger charge is -2.13. The quantitative estimate of drug-likeness (QED) is 0.323. The van der Waals surface area contributed by atoms with Crippen LogP contribution in [0.2, 0.25) is 0 Å². The smallest absolute Gasteiger partial charge is 0.343 e. The molecule has 1 amide bonds. The van der Waals surface area contributed by atoms with Gasteiger partial charge in [-0.15, -0.1) is 0 Å². The average Bonchev–Trinajstić information content (AvgIpc) is 3.44. The third-order valence-electron chi connectivity index (χ3n) is 6.29. The highest BCUT2D eigenvalue weighted by Gasteiger charge is 2.24. The lowest BCUT2D eigenvalue weighted by molar-refractivity contribution is -0.115. The number of para-hydroxylation sites is 1. The number of ether oxygens (including phenoxy) is 1. The van der Waals surface area contributed by atoms with Gasteiger partial charge in [-0.05, 0) is 69.0 Å². The number of benzene rings is 2. The van der Waals surface area contributed by atoms with Crippen LogP contribution in [-0.2, 0) is 16.0 Å². The lowest BCUT2D eigenvalue weighted by atomic mass is 10.0. The van der Waals surface area contributed by atoms with Gasteiger partial charge >= 0.3 is 5.97 Å². The summed E-state index contributed by atoms with van der Waals surface area (Å²) in [5.74, 6) is -0.306. The van der Waals surface area contributed by atoms with E-state index in [-0.39, 0.29) is 30.3 Å². The van der Waals surface area contributed by atoms with Crippen molar-refractivity contribution in [1.29, 1.82) is 0 Å². The Balaban J connectivity index is 1.55. The minimum Gasteiger partial charge on any atom is -0.462 e. The molecule has 0 fully saturated rings. The summed E-state index contributed by atoms with van der Waals surface area (Å²) in [7, 11) is 0. The van der Waals surface area contributed by atoms with Crippen molar-refractivity contribution in [2.24, 2.45) is 0 Å². The number of pyridine rings is 1. The van der Waals surface area contributed by atoms with Crippen molar-refractivity contribution in [2.45, 2.75) is 41.0 Å². The van der Waals surface area contributed by atoms with E-state index in [1.54, 1.807) is 6.92 Å². The van der Waals surface area contributed by atoms with Crippen LogP contribution in [0.3, 0.4) is 0 Å². The summed E-state index contributed by atoms with van der Waals surface area (Å²) in [5.41, 5.74) is 6.13. The maximum atomic E-state index is 13.2. The fourth-order valence-electron chi connectivity index (χ4n) is 4.62. The Kier molecular flexibility index (Phi) is 6.20. The molecule has 0 radical (unpaired) electrons. The molecule has 188 valence electrons. The van der Waals surface area contributed by atoms with Crippen molar-refractivity contribution < 1.29 is 18.8 Å². The van der Waals surface area contributed by atoms with Crippen LogP contribution in [0.4, 0.5) is 5.82 Å². The van der Waals surface area contributed by atoms with Gasteiger partial charge in [0.15, 0.2) is 17.2 Å². The molecular weight excluding hydrogens is 470 g/mol. The van der Waals surface area contributed by atoms with Gasteiger partial charge in [0, 0.05) is 10.8 Å². The highest BCUT2D eigenvalue weighted by atomic mass is 16.5. The summed E-state index contributed by atoms with van der Waals surface area (Å²) < 4.78 is 12.1. The summed E-state index contributed by atoms with van der Waals surface area (Å²) in [6.45, 7) is 9.81. The van der Waals surface area contributed by atoms with E-state index in [0.29, 0.717) is 17.1 Å². The normalized spacial score (nSPS) is 11.3. The van der Waals surface area contributed by atoms with Crippen molar-refractivity contribution in [3.8, 4) is 5.82 Å². The molecule has 0 atom stereocenters. The number of rotatable bonds is 6. The highest BCUT2D eigenvalue weighted by molar-refractivity contribution is 6.02. The summed E-state index contributed by atoms with van der Waals surface area (Å²) >= 11 is 0. The number of carbonyl (C=O) groups is 2. The molecule has 0 spiro atoms. The number of amides is 1. The van der Waals surface area contributed by atoms with E-state index < -0.39 is 5.97 Å². The van der Waals surface area contributed by atoms with Gasteiger partial charge in [0.25, 0.3) is 0 Å². The van der Waals surface area contributed by atoms with Crippen LogP contribution in [0.1, 0.15) is 45.2 Å². The van der Waals surface area contributed by atoms with Crippen LogP contribution >= 0.6 is 0 Å². The second-order valence-corrected chi connectivity index (χ2v) is 9.12. The molecule has 3 heterocycles. The van der Waals surface area contributed by atoms with Gasteiger partial charge in [-0.1, -0.05) is 29.4 Å². The van der Waals surface area contributed by atoms with E-state index in [1.807, 2.05) is 64.1 Å². The van der Waals surface area contributed by atoms with Crippen molar-refractivity contribution in [3.63, 3.8) is 0 Å². The molecule has 0 aliphatic rings. The second kappa shape index (κ2) is 9.50. The number of aryl methyl sites for hydroxylation is 4. The molecule has 5 rings (SSSR count). The molecule has 0 aliphatic heterocycles. The Morgan fingerprint density at radius 3 is 2.65 bits per heavy atom. The van der Waals surface area contributed by atoms with Gasteiger partial charge in [-0.3, -0.25) is 4.79 Å². The van der Waals surface area contributed by atoms with Gasteiger partial charge in [-0.2, -0.15) is 9.78 Å². The molecule has 0 bridgehead atoms. The van der Waals surface area contributed by atoms with Crippen LogP contribution < -0.4 is 5.32 Å². The molecule has 9 heteroatoms. The molecule has 0 aliphatic carbocycles. The predicted octanol–water partition coefficient (Wildman–Crippen LogP) is 5.15. The number of hydrogen-bond acceptors (Lipinski definition) is 7. The first kappa shape index (κ1) is 24.2. The van der Waals surface area contributed by atoms with E-state index in [2.05, 4.69) is 15.6 Å². The zero-order valence-corrected chi connectivity index (χ0v) is 21.4. The Labute approximate surface area is 213 Å². The fourth-order valence-corrected chi connectivity index (χ4v) is 4.62. The predicted molar refractivity (Wildman–Crippen MR) is 140 cm³/mol. The molecule has 1 N–H and O–H groups in total. The maximum Gasteiger partial charge on any atom is 0.343 e. The van der Waals surface area contributed by atoms with E-state index in [4.69, 9.17) is 14.2 Å². The monoisotopic (exact) mass is 497 g/mol. The summed E-state index contributed by atoms with van der Waals surface area (Å²) in [6, 6.07) is 11.8. The number of aromatic nitrogens is 4. The number of nitrogens with one attached hydrogen (secondary N) is 1. The standard InChI is InChI=1S/C28H27N5O4/c1-6-36-28(35)20-14-29-33(23-12-17(4)19-9-7-8-16(3)26(19)30-23)27(20)31-24(34)13-21-25-18(5)10-15(2)11-22(25)37-32-21/h7-12,14H,6,13H2,1-5H3,(H,31,34).